The van der Waals surface area contributed by atoms with E-state index in [1.54, 1.807) is 0 Å². The summed E-state index contributed by atoms with van der Waals surface area (Å²) in [6, 6.07) is 0. The third-order valence-corrected chi connectivity index (χ3v) is 2.39. The Balaban J connectivity index is 2.80. The van der Waals surface area contributed by atoms with E-state index in [0.29, 0.717) is 6.54 Å². The van der Waals surface area contributed by atoms with Crippen LogP contribution in [0.5, 0.6) is 0 Å². The Morgan fingerprint density at radius 2 is 2.42 bits per heavy atom. The third kappa shape index (κ3) is 2.08. The predicted octanol–water partition coefficient (Wildman–Crippen LogP) is 1.56. The quantitative estimate of drug-likeness (QED) is 0.855. The van der Waals surface area contributed by atoms with Crippen molar-refractivity contribution < 1.29 is 0 Å². The topological polar surface area (TPSA) is 43.8 Å². The van der Waals surface area contributed by atoms with E-state index in [1.165, 1.54) is 5.69 Å². The zero-order valence-electron chi connectivity index (χ0n) is 7.26. The van der Waals surface area contributed by atoms with E-state index in [9.17, 15) is 0 Å². The Labute approximate surface area is 81.1 Å². The molecule has 12 heavy (non-hydrogen) atoms. The fourth-order valence-corrected chi connectivity index (χ4v) is 1.68. The van der Waals surface area contributed by atoms with Gasteiger partial charge in [-0.25, -0.2) is 0 Å². The van der Waals surface area contributed by atoms with Crippen molar-refractivity contribution in [3.8, 4) is 0 Å². The summed E-state index contributed by atoms with van der Waals surface area (Å²) in [6.07, 6.45) is 4.02. The number of hydrogen-bond acceptors (Lipinski definition) is 2. The predicted molar refractivity (Wildman–Crippen MR) is 53.0 cm³/mol. The standard InChI is InChI=1S/C8H14BrN3/c1-2-3-8-7(9)6-11-12(8)5-4-10/h6H,2-5,10H2,1H3. The van der Waals surface area contributed by atoms with Gasteiger partial charge in [-0.05, 0) is 22.4 Å². The first-order chi connectivity index (χ1) is 5.79. The van der Waals surface area contributed by atoms with Crippen molar-refractivity contribution in [2.24, 2.45) is 5.73 Å². The molecule has 1 aromatic rings. The van der Waals surface area contributed by atoms with Crippen LogP contribution in [0, 0.1) is 0 Å². The molecule has 0 bridgehead atoms. The van der Waals surface area contributed by atoms with Crippen molar-refractivity contribution in [2.75, 3.05) is 6.54 Å². The van der Waals surface area contributed by atoms with Gasteiger partial charge in [-0.2, -0.15) is 5.10 Å². The van der Waals surface area contributed by atoms with E-state index in [4.69, 9.17) is 5.73 Å². The summed E-state index contributed by atoms with van der Waals surface area (Å²) in [4.78, 5) is 0. The molecule has 1 aromatic heterocycles. The fourth-order valence-electron chi connectivity index (χ4n) is 1.19. The van der Waals surface area contributed by atoms with Crippen LogP contribution in [0.2, 0.25) is 0 Å². The number of nitrogens with two attached hydrogens (primary N) is 1. The summed E-state index contributed by atoms with van der Waals surface area (Å²) in [7, 11) is 0. The molecule has 0 aliphatic carbocycles. The lowest BCUT2D eigenvalue weighted by Crippen LogP contribution is -2.13. The minimum atomic E-state index is 0.644. The van der Waals surface area contributed by atoms with Gasteiger partial charge in [-0.15, -0.1) is 0 Å². The van der Waals surface area contributed by atoms with E-state index in [-0.39, 0.29) is 0 Å². The van der Waals surface area contributed by atoms with Gasteiger partial charge < -0.3 is 5.73 Å². The van der Waals surface area contributed by atoms with Gasteiger partial charge in [0.2, 0.25) is 0 Å². The molecule has 4 heteroatoms. The first-order valence-electron chi connectivity index (χ1n) is 4.19. The number of hydrogen-bond donors (Lipinski definition) is 1. The summed E-state index contributed by atoms with van der Waals surface area (Å²) >= 11 is 3.46. The average Bonchev–Trinajstić information content (AvgIpc) is 2.37. The Morgan fingerprint density at radius 1 is 1.67 bits per heavy atom. The van der Waals surface area contributed by atoms with Gasteiger partial charge in [0.15, 0.2) is 0 Å². The summed E-state index contributed by atoms with van der Waals surface area (Å²) in [6.45, 7) is 3.61. The molecule has 1 heterocycles. The second-order valence-electron chi connectivity index (χ2n) is 2.70. The number of nitrogens with zero attached hydrogens (tertiary/aromatic N) is 2. The van der Waals surface area contributed by atoms with Crippen molar-refractivity contribution in [1.29, 1.82) is 0 Å². The van der Waals surface area contributed by atoms with E-state index in [0.717, 1.165) is 23.9 Å². The molecule has 0 spiro atoms. The number of aromatic nitrogens is 2. The lowest BCUT2D eigenvalue weighted by molar-refractivity contribution is 0.588. The van der Waals surface area contributed by atoms with Gasteiger partial charge in [0, 0.05) is 6.54 Å². The van der Waals surface area contributed by atoms with E-state index < -0.39 is 0 Å². The van der Waals surface area contributed by atoms with Crippen molar-refractivity contribution in [1.82, 2.24) is 9.78 Å². The summed E-state index contributed by atoms with van der Waals surface area (Å²) in [5.74, 6) is 0. The van der Waals surface area contributed by atoms with Crippen molar-refractivity contribution in [2.45, 2.75) is 26.3 Å². The Morgan fingerprint density at radius 3 is 3.00 bits per heavy atom. The lowest BCUT2D eigenvalue weighted by Gasteiger charge is -2.04. The highest BCUT2D eigenvalue weighted by Gasteiger charge is 2.05. The molecular formula is C8H14BrN3. The molecule has 0 saturated carbocycles. The molecule has 0 unspecified atom stereocenters. The molecule has 1 rings (SSSR count). The molecule has 0 amide bonds. The van der Waals surface area contributed by atoms with Crippen LogP contribution in [0.15, 0.2) is 10.7 Å². The highest BCUT2D eigenvalue weighted by Crippen LogP contribution is 2.17. The Bertz CT molecular complexity index is 244. The molecule has 0 radical (unpaired) electrons. The van der Waals surface area contributed by atoms with Gasteiger partial charge in [0.05, 0.1) is 22.9 Å². The summed E-state index contributed by atoms with van der Waals surface area (Å²) in [5.41, 5.74) is 6.71. The summed E-state index contributed by atoms with van der Waals surface area (Å²) in [5, 5.41) is 4.21. The monoisotopic (exact) mass is 231 g/mol. The van der Waals surface area contributed by atoms with Crippen molar-refractivity contribution in [3.63, 3.8) is 0 Å². The maximum Gasteiger partial charge on any atom is 0.0635 e. The van der Waals surface area contributed by atoms with E-state index in [2.05, 4.69) is 28.0 Å². The molecule has 0 saturated heterocycles. The molecule has 3 nitrogen and oxygen atoms in total. The van der Waals surface area contributed by atoms with Crippen LogP contribution in [-0.2, 0) is 13.0 Å². The second kappa shape index (κ2) is 4.62. The molecule has 0 aliphatic heterocycles. The highest BCUT2D eigenvalue weighted by atomic mass is 79.9. The molecule has 0 aromatic carbocycles. The lowest BCUT2D eigenvalue weighted by atomic mass is 10.2. The molecule has 0 atom stereocenters. The zero-order chi connectivity index (χ0) is 8.97. The van der Waals surface area contributed by atoms with E-state index >= 15 is 0 Å². The zero-order valence-corrected chi connectivity index (χ0v) is 8.84. The van der Waals surface area contributed by atoms with Gasteiger partial charge >= 0.3 is 0 Å². The van der Waals surface area contributed by atoms with Crippen LogP contribution in [-0.4, -0.2) is 16.3 Å². The minimum absolute atomic E-state index is 0.644. The van der Waals surface area contributed by atoms with Crippen LogP contribution in [0.4, 0.5) is 0 Å². The van der Waals surface area contributed by atoms with Crippen LogP contribution in [0.3, 0.4) is 0 Å². The normalized spacial score (nSPS) is 10.6. The van der Waals surface area contributed by atoms with Crippen LogP contribution in [0.25, 0.3) is 0 Å². The molecule has 2 N–H and O–H groups in total. The molecule has 68 valence electrons. The Kier molecular flexibility index (Phi) is 3.75. The van der Waals surface area contributed by atoms with Crippen molar-refractivity contribution in [3.05, 3.63) is 16.4 Å². The second-order valence-corrected chi connectivity index (χ2v) is 3.56. The highest BCUT2D eigenvalue weighted by molar-refractivity contribution is 9.10. The molecule has 0 fully saturated rings. The largest absolute Gasteiger partial charge is 0.329 e. The van der Waals surface area contributed by atoms with Crippen LogP contribution >= 0.6 is 15.9 Å². The van der Waals surface area contributed by atoms with Crippen LogP contribution < -0.4 is 5.73 Å². The first-order valence-corrected chi connectivity index (χ1v) is 4.99. The van der Waals surface area contributed by atoms with Gasteiger partial charge in [0.1, 0.15) is 0 Å². The Hall–Kier alpha value is -0.350. The average molecular weight is 232 g/mol. The van der Waals surface area contributed by atoms with Crippen LogP contribution in [0.1, 0.15) is 19.0 Å². The smallest absolute Gasteiger partial charge is 0.0635 e. The number of rotatable bonds is 4. The summed E-state index contributed by atoms with van der Waals surface area (Å²) < 4.78 is 3.06. The molecule has 0 aliphatic rings. The fraction of sp³-hybridized carbons (Fsp3) is 0.625. The maximum atomic E-state index is 5.46. The van der Waals surface area contributed by atoms with Crippen molar-refractivity contribution >= 4 is 15.9 Å². The maximum absolute atomic E-state index is 5.46. The molecular weight excluding hydrogens is 218 g/mol. The first kappa shape index (κ1) is 9.74. The minimum Gasteiger partial charge on any atom is -0.329 e. The SMILES string of the molecule is CCCc1c(Br)cnn1CCN. The van der Waals surface area contributed by atoms with Gasteiger partial charge in [-0.3, -0.25) is 4.68 Å². The van der Waals surface area contributed by atoms with Gasteiger partial charge in [0.25, 0.3) is 0 Å². The third-order valence-electron chi connectivity index (χ3n) is 1.73. The van der Waals surface area contributed by atoms with E-state index in [1.807, 2.05) is 10.9 Å². The van der Waals surface area contributed by atoms with Gasteiger partial charge in [-0.1, -0.05) is 13.3 Å². The number of halogens is 1.